The maximum Gasteiger partial charge on any atom is 0.303 e. The van der Waals surface area contributed by atoms with E-state index in [0.29, 0.717) is 12.8 Å². The largest absolute Gasteiger partial charge is 0.481 e. The van der Waals surface area contributed by atoms with E-state index in [0.717, 1.165) is 12.8 Å². The number of rotatable bonds is 7. The first-order valence-electron chi connectivity index (χ1n) is 4.06. The Hall–Kier alpha value is -1.06. The summed E-state index contributed by atoms with van der Waals surface area (Å²) >= 11 is 0. The molecule has 0 radical (unpaired) electrons. The van der Waals surface area contributed by atoms with Crippen molar-refractivity contribution < 1.29 is 19.8 Å². The molecule has 0 amide bonds. The molecule has 0 aromatic carbocycles. The second kappa shape index (κ2) is 6.64. The highest BCUT2D eigenvalue weighted by Crippen LogP contribution is 2.04. The van der Waals surface area contributed by atoms with Gasteiger partial charge in [-0.25, -0.2) is 0 Å². The Morgan fingerprint density at radius 2 is 1.08 bits per heavy atom. The molecule has 0 aliphatic heterocycles. The van der Waals surface area contributed by atoms with Crippen LogP contribution in [0, 0.1) is 0 Å². The number of hydrogen-bond acceptors (Lipinski definition) is 2. The lowest BCUT2D eigenvalue weighted by Gasteiger charge is -1.96. The monoisotopic (exact) mass is 180 g/mol. The summed E-state index contributed by atoms with van der Waals surface area (Å²) in [6.45, 7) is 0. The Labute approximate surface area is 71.2 Å². The molecule has 0 aromatic rings. The molecule has 0 saturated carbocycles. The van der Waals surface area contributed by atoms with E-state index in [1.807, 2.05) is 0 Å². The van der Waals surface area contributed by atoms with Crippen molar-refractivity contribution in [3.63, 3.8) is 0 Å². The lowest BCUT2D eigenvalue weighted by Crippen LogP contribution is -1.95. The third kappa shape index (κ3) is 8.94. The number of hydrogen-bond donors (Lipinski definition) is 2. The molecule has 0 heterocycles. The van der Waals surface area contributed by atoms with Gasteiger partial charge in [-0.05, 0) is 12.8 Å². The number of carboxylic acids is 2. The summed E-state index contributed by atoms with van der Waals surface area (Å²) in [5, 5.41) is 16.5. The van der Waals surface area contributed by atoms with E-state index >= 15 is 0 Å². The molecule has 4 heteroatoms. The molecule has 0 aromatic heterocycles. The van der Waals surface area contributed by atoms with E-state index in [1.165, 1.54) is 0 Å². The summed E-state index contributed by atoms with van der Waals surface area (Å²) in [7, 11) is 0. The van der Waals surface area contributed by atoms with Crippen LogP contribution in [0.2, 0.25) is 0 Å². The number of aliphatic carboxylic acids is 2. The Kier molecular flexibility index (Phi) is 6.05. The zero-order chi connectivity index (χ0) is 9.40. The SMILES string of the molecule is O=C(O)[13CH2][13CH2][13CH2][13CH2][13CH2][13CH2]C(=O)O. The third-order valence-electron chi connectivity index (χ3n) is 1.53. The lowest BCUT2D eigenvalue weighted by molar-refractivity contribution is -0.138. The van der Waals surface area contributed by atoms with Gasteiger partial charge in [-0.2, -0.15) is 0 Å². The minimum absolute atomic E-state index is 0.188. The molecule has 0 fully saturated rings. The van der Waals surface area contributed by atoms with Crippen molar-refractivity contribution in [2.75, 3.05) is 0 Å². The van der Waals surface area contributed by atoms with Crippen LogP contribution in [0.5, 0.6) is 0 Å². The minimum atomic E-state index is -0.784. The molecule has 0 saturated heterocycles. The molecule has 0 unspecified atom stereocenters. The Morgan fingerprint density at radius 1 is 0.750 bits per heavy atom. The predicted octanol–water partition coefficient (Wildman–Crippen LogP) is 1.50. The van der Waals surface area contributed by atoms with Crippen LogP contribution in [0.3, 0.4) is 0 Å². The van der Waals surface area contributed by atoms with Crippen molar-refractivity contribution in [1.29, 1.82) is 0 Å². The van der Waals surface area contributed by atoms with Crippen molar-refractivity contribution in [3.8, 4) is 0 Å². The molecular weight excluding hydrogens is 166 g/mol. The highest BCUT2D eigenvalue weighted by molar-refractivity contribution is 5.66. The van der Waals surface area contributed by atoms with Gasteiger partial charge in [-0.15, -0.1) is 0 Å². The number of carboxylic acid groups (broad SMARTS) is 2. The third-order valence-corrected chi connectivity index (χ3v) is 1.53. The van der Waals surface area contributed by atoms with Crippen LogP contribution in [0.4, 0.5) is 0 Å². The zero-order valence-electron chi connectivity index (χ0n) is 6.95. The van der Waals surface area contributed by atoms with E-state index in [1.54, 1.807) is 0 Å². The number of carbonyl (C=O) groups is 2. The van der Waals surface area contributed by atoms with Crippen LogP contribution >= 0.6 is 0 Å². The van der Waals surface area contributed by atoms with Crippen LogP contribution < -0.4 is 0 Å². The maximum atomic E-state index is 10.0. The van der Waals surface area contributed by atoms with Crippen molar-refractivity contribution >= 4 is 11.9 Å². The Morgan fingerprint density at radius 3 is 1.33 bits per heavy atom. The summed E-state index contributed by atoms with van der Waals surface area (Å²) < 4.78 is 0. The second-order valence-corrected chi connectivity index (χ2v) is 2.70. The Bertz CT molecular complexity index is 135. The van der Waals surface area contributed by atoms with Gasteiger partial charge < -0.3 is 10.2 Å². The summed E-state index contributed by atoms with van der Waals surface area (Å²) in [5.41, 5.74) is 0. The van der Waals surface area contributed by atoms with Gasteiger partial charge in [0, 0.05) is 12.8 Å². The molecule has 0 spiro atoms. The van der Waals surface area contributed by atoms with E-state index in [-0.39, 0.29) is 12.8 Å². The van der Waals surface area contributed by atoms with Crippen molar-refractivity contribution in [2.45, 2.75) is 38.5 Å². The molecule has 0 aliphatic carbocycles. The van der Waals surface area contributed by atoms with Crippen LogP contribution in [0.25, 0.3) is 0 Å². The van der Waals surface area contributed by atoms with Crippen molar-refractivity contribution in [2.24, 2.45) is 0 Å². The lowest BCUT2D eigenvalue weighted by atomic mass is 10.9. The van der Waals surface area contributed by atoms with Crippen LogP contribution in [-0.2, 0) is 9.59 Å². The van der Waals surface area contributed by atoms with E-state index in [2.05, 4.69) is 0 Å². The normalized spacial score (nSPS) is 9.67. The fourth-order valence-corrected chi connectivity index (χ4v) is 0.906. The van der Waals surface area contributed by atoms with Gasteiger partial charge >= 0.3 is 11.9 Å². The molecule has 4 nitrogen and oxygen atoms in total. The van der Waals surface area contributed by atoms with E-state index < -0.39 is 11.9 Å². The quantitative estimate of drug-likeness (QED) is 0.459. The standard InChI is InChI=1S/C8H14O4/c9-7(10)5-3-1-2-4-6-8(11)12/h1-6H2,(H,9,10)(H,11,12)/i1+1,2+1,3+1,4+1,5+1,6+1. The Balaban J connectivity index is 3.01. The molecular formula is C8H14O4. The second-order valence-electron chi connectivity index (χ2n) is 2.70. The van der Waals surface area contributed by atoms with Gasteiger partial charge in [-0.1, -0.05) is 12.8 Å². The average Bonchev–Trinajstić information content (AvgIpc) is 1.95. The van der Waals surface area contributed by atoms with Crippen LogP contribution in [0.1, 0.15) is 38.5 Å². The average molecular weight is 180 g/mol. The van der Waals surface area contributed by atoms with Crippen molar-refractivity contribution in [1.82, 2.24) is 0 Å². The fourth-order valence-electron chi connectivity index (χ4n) is 0.906. The van der Waals surface area contributed by atoms with Gasteiger partial charge in [0.25, 0.3) is 0 Å². The smallest absolute Gasteiger partial charge is 0.303 e. The first kappa shape index (κ1) is 10.9. The highest BCUT2D eigenvalue weighted by atomic mass is 16.4. The van der Waals surface area contributed by atoms with Crippen LogP contribution in [0.15, 0.2) is 0 Å². The molecule has 2 N–H and O–H groups in total. The summed E-state index contributed by atoms with van der Waals surface area (Å²) in [6.07, 6.45) is 3.28. The zero-order valence-corrected chi connectivity index (χ0v) is 6.95. The topological polar surface area (TPSA) is 74.6 Å². The first-order chi connectivity index (χ1) is 5.63. The summed E-state index contributed by atoms with van der Waals surface area (Å²) in [5.74, 6) is -1.57. The molecule has 70 valence electrons. The first-order valence-corrected chi connectivity index (χ1v) is 4.06. The van der Waals surface area contributed by atoms with Gasteiger partial charge in [0.2, 0.25) is 0 Å². The number of unbranched alkanes of at least 4 members (excludes halogenated alkanes) is 3. The summed E-state index contributed by atoms with van der Waals surface area (Å²) in [4.78, 5) is 20.1. The predicted molar refractivity (Wildman–Crippen MR) is 43.0 cm³/mol. The van der Waals surface area contributed by atoms with Gasteiger partial charge in [0.05, 0.1) is 0 Å². The molecule has 0 aliphatic rings. The van der Waals surface area contributed by atoms with E-state index in [4.69, 9.17) is 10.2 Å². The van der Waals surface area contributed by atoms with Crippen LogP contribution in [-0.4, -0.2) is 22.2 Å². The van der Waals surface area contributed by atoms with Crippen molar-refractivity contribution in [3.05, 3.63) is 0 Å². The maximum absolute atomic E-state index is 10.0. The van der Waals surface area contributed by atoms with Gasteiger partial charge in [-0.3, -0.25) is 9.59 Å². The van der Waals surface area contributed by atoms with Gasteiger partial charge in [0.1, 0.15) is 0 Å². The molecule has 12 heavy (non-hydrogen) atoms. The minimum Gasteiger partial charge on any atom is -0.481 e. The molecule has 0 rings (SSSR count). The highest BCUT2D eigenvalue weighted by Gasteiger charge is 1.98. The van der Waals surface area contributed by atoms with Gasteiger partial charge in [0.15, 0.2) is 0 Å². The van der Waals surface area contributed by atoms with E-state index in [9.17, 15) is 9.59 Å². The molecule has 0 bridgehead atoms. The fraction of sp³-hybridized carbons (Fsp3) is 0.750. The molecule has 0 atom stereocenters. The summed E-state index contributed by atoms with van der Waals surface area (Å²) in [6, 6.07) is 0.